The lowest BCUT2D eigenvalue weighted by atomic mass is 9.90. The Bertz CT molecular complexity index is 1370. The molecule has 4 amide bonds. The van der Waals surface area contributed by atoms with Crippen molar-refractivity contribution in [3.05, 3.63) is 37.0 Å². The highest BCUT2D eigenvalue weighted by atomic mass is 16.5. The van der Waals surface area contributed by atoms with Crippen LogP contribution in [0.1, 0.15) is 100 Å². The van der Waals surface area contributed by atoms with Crippen molar-refractivity contribution in [1.82, 2.24) is 25.3 Å². The Balaban J connectivity index is 0.00000114. The number of hydrogen-bond acceptors (Lipinski definition) is 8. The van der Waals surface area contributed by atoms with Crippen LogP contribution in [0.5, 0.6) is 0 Å². The summed E-state index contributed by atoms with van der Waals surface area (Å²) in [4.78, 5) is 67.7. The number of nitrogens with one attached hydrogen (secondary N) is 2. The van der Waals surface area contributed by atoms with Crippen LogP contribution in [0.15, 0.2) is 37.0 Å². The van der Waals surface area contributed by atoms with Crippen LogP contribution in [0.4, 0.5) is 0 Å². The molecule has 0 radical (unpaired) electrons. The SMILES string of the molecule is C#CCCCN(C)C(C(=O)NC(C(=O)N(C)C(C(C)CC)C(CC)OC)C(C)C)C(C)C.C=C/C=C(\C=C)CC(NC(=O)C(C)C(OC)C1CCCN1C=O)C(=O)O. The maximum absolute atomic E-state index is 13.6. The Hall–Kier alpha value is -3.99. The molecular formula is C45H77N5O8. The van der Waals surface area contributed by atoms with Gasteiger partial charge < -0.3 is 35.0 Å². The predicted octanol–water partition coefficient (Wildman–Crippen LogP) is 5.31. The fourth-order valence-corrected chi connectivity index (χ4v) is 7.74. The lowest BCUT2D eigenvalue weighted by Gasteiger charge is -2.40. The highest BCUT2D eigenvalue weighted by molar-refractivity contribution is 5.90. The number of unbranched alkanes of at least 4 members (excludes halogenated alkanes) is 1. The molecule has 0 aliphatic carbocycles. The molecule has 0 aromatic rings. The number of hydrogen-bond donors (Lipinski definition) is 3. The Morgan fingerprint density at radius 1 is 0.983 bits per heavy atom. The number of aliphatic carboxylic acids is 1. The maximum atomic E-state index is 13.6. The predicted molar refractivity (Wildman–Crippen MR) is 232 cm³/mol. The van der Waals surface area contributed by atoms with Gasteiger partial charge in [0.2, 0.25) is 24.1 Å². The molecule has 1 heterocycles. The minimum atomic E-state index is -1.13. The molecule has 1 fully saturated rings. The largest absolute Gasteiger partial charge is 0.480 e. The molecule has 0 saturated carbocycles. The van der Waals surface area contributed by atoms with Crippen LogP contribution in [0, 0.1) is 36.0 Å². The van der Waals surface area contributed by atoms with Crippen molar-refractivity contribution in [2.75, 3.05) is 41.4 Å². The lowest BCUT2D eigenvalue weighted by Crippen LogP contribution is -2.59. The molecule has 0 bridgehead atoms. The van der Waals surface area contributed by atoms with Gasteiger partial charge in [-0.2, -0.15) is 0 Å². The first-order chi connectivity index (χ1) is 27.4. The molecule has 58 heavy (non-hydrogen) atoms. The number of amides is 4. The van der Waals surface area contributed by atoms with E-state index in [1.165, 1.54) is 19.3 Å². The van der Waals surface area contributed by atoms with Gasteiger partial charge >= 0.3 is 5.97 Å². The van der Waals surface area contributed by atoms with E-state index in [4.69, 9.17) is 15.9 Å². The van der Waals surface area contributed by atoms with Crippen LogP contribution < -0.4 is 10.6 Å². The number of likely N-dealkylation sites (tertiary alicyclic amines) is 1. The smallest absolute Gasteiger partial charge is 0.326 e. The molecule has 3 N–H and O–H groups in total. The fraction of sp³-hybridized carbons (Fsp3) is 0.711. The summed E-state index contributed by atoms with van der Waals surface area (Å²) in [7, 11) is 6.98. The molecular weight excluding hydrogens is 739 g/mol. The van der Waals surface area contributed by atoms with E-state index in [1.807, 2.05) is 46.7 Å². The molecule has 1 aliphatic heterocycles. The number of likely N-dealkylation sites (N-methyl/N-ethyl adjacent to an activating group) is 2. The molecule has 330 valence electrons. The Morgan fingerprint density at radius 3 is 2.07 bits per heavy atom. The summed E-state index contributed by atoms with van der Waals surface area (Å²) < 4.78 is 11.2. The van der Waals surface area contributed by atoms with Gasteiger partial charge in [-0.3, -0.25) is 24.1 Å². The molecule has 1 saturated heterocycles. The summed E-state index contributed by atoms with van der Waals surface area (Å²) in [6.07, 6.45) is 15.3. The van der Waals surface area contributed by atoms with E-state index in [1.54, 1.807) is 29.9 Å². The number of carboxylic acids is 1. The second-order valence-corrected chi connectivity index (χ2v) is 16.0. The van der Waals surface area contributed by atoms with E-state index < -0.39 is 36.0 Å². The monoisotopic (exact) mass is 816 g/mol. The van der Waals surface area contributed by atoms with Crippen LogP contribution in [0.3, 0.4) is 0 Å². The number of terminal acetylenes is 1. The first kappa shape index (κ1) is 54.0. The first-order valence-corrected chi connectivity index (χ1v) is 20.8. The average molecular weight is 816 g/mol. The van der Waals surface area contributed by atoms with Gasteiger partial charge in [0.05, 0.1) is 36.3 Å². The van der Waals surface area contributed by atoms with E-state index in [9.17, 15) is 29.1 Å². The third kappa shape index (κ3) is 16.7. The Labute approximate surface area is 350 Å². The first-order valence-electron chi connectivity index (χ1n) is 20.8. The van der Waals surface area contributed by atoms with Crippen molar-refractivity contribution in [2.45, 2.75) is 143 Å². The number of methoxy groups -OCH3 is 2. The van der Waals surface area contributed by atoms with Gasteiger partial charge in [-0.25, -0.2) is 4.79 Å². The van der Waals surface area contributed by atoms with Crippen LogP contribution in [-0.4, -0.2) is 134 Å². The van der Waals surface area contributed by atoms with E-state index in [0.29, 0.717) is 18.5 Å². The van der Waals surface area contributed by atoms with Crippen molar-refractivity contribution in [2.24, 2.45) is 23.7 Å². The van der Waals surface area contributed by atoms with E-state index >= 15 is 0 Å². The van der Waals surface area contributed by atoms with E-state index in [2.05, 4.69) is 50.5 Å². The van der Waals surface area contributed by atoms with Gasteiger partial charge in [-0.1, -0.05) is 93.2 Å². The minimum Gasteiger partial charge on any atom is -0.480 e. The number of allylic oxidation sites excluding steroid dienone is 3. The van der Waals surface area contributed by atoms with Crippen LogP contribution in [-0.2, 0) is 33.4 Å². The third-order valence-corrected chi connectivity index (χ3v) is 11.2. The number of rotatable bonds is 26. The van der Waals surface area contributed by atoms with Gasteiger partial charge in [-0.15, -0.1) is 12.3 Å². The zero-order chi connectivity index (χ0) is 44.7. The zero-order valence-electron chi connectivity index (χ0n) is 37.7. The average Bonchev–Trinajstić information content (AvgIpc) is 3.66. The summed E-state index contributed by atoms with van der Waals surface area (Å²) in [6, 6.07) is -2.23. The Morgan fingerprint density at radius 2 is 1.62 bits per heavy atom. The van der Waals surface area contributed by atoms with Crippen LogP contribution in [0.2, 0.25) is 0 Å². The molecule has 13 heteroatoms. The molecule has 1 rings (SSSR count). The molecule has 13 nitrogen and oxygen atoms in total. The summed E-state index contributed by atoms with van der Waals surface area (Å²) in [5, 5.41) is 15.1. The van der Waals surface area contributed by atoms with Gasteiger partial charge in [0.25, 0.3) is 0 Å². The topological polar surface area (TPSA) is 158 Å². The highest BCUT2D eigenvalue weighted by Crippen LogP contribution is 2.26. The molecule has 1 aliphatic rings. The lowest BCUT2D eigenvalue weighted by molar-refractivity contribution is -0.144. The van der Waals surface area contributed by atoms with E-state index in [-0.39, 0.29) is 60.2 Å². The highest BCUT2D eigenvalue weighted by Gasteiger charge is 2.39. The van der Waals surface area contributed by atoms with Gasteiger partial charge in [-0.05, 0) is 62.6 Å². The normalized spacial score (nSPS) is 18.3. The third-order valence-electron chi connectivity index (χ3n) is 11.2. The maximum Gasteiger partial charge on any atom is 0.326 e. The number of carboxylic acid groups (broad SMARTS) is 1. The molecule has 0 aromatic heterocycles. The van der Waals surface area contributed by atoms with E-state index in [0.717, 1.165) is 45.1 Å². The zero-order valence-corrected chi connectivity index (χ0v) is 37.7. The van der Waals surface area contributed by atoms with Crippen molar-refractivity contribution >= 4 is 30.1 Å². The molecule has 0 aromatic carbocycles. The van der Waals surface area contributed by atoms with Gasteiger partial charge in [0, 0.05) is 40.7 Å². The molecule has 9 atom stereocenters. The molecule has 9 unspecified atom stereocenters. The second kappa shape index (κ2) is 28.4. The summed E-state index contributed by atoms with van der Waals surface area (Å²) in [5.41, 5.74) is 0.659. The van der Waals surface area contributed by atoms with Crippen molar-refractivity contribution in [1.29, 1.82) is 0 Å². The van der Waals surface area contributed by atoms with Crippen molar-refractivity contribution < 1.29 is 38.6 Å². The Kier molecular flexibility index (Phi) is 26.5. The summed E-state index contributed by atoms with van der Waals surface area (Å²) in [6.45, 7) is 24.6. The second-order valence-electron chi connectivity index (χ2n) is 16.0. The number of carbonyl (C=O) groups is 5. The van der Waals surface area contributed by atoms with Crippen LogP contribution >= 0.6 is 0 Å². The standard InChI is InChI=1S/C26H49N3O3.C19H28N2O5/c1-12-15-16-17-28(9)23(19(6)7)25(30)27-22(18(4)5)26(31)29(10)24(20(8)13-2)21(14-3)32-11;1-5-8-14(6-2)11-15(19(24)25)20-18(23)13(3)17(26-4)16-9-7-10-21(16)12-22/h1,18-24H,13-17H2,2-11H3,(H,27,30);5-6,8,12-13,15-17H,1-2,7,9-11H2,3-4H3,(H,20,23)(H,24,25)/b;14-8+. The summed E-state index contributed by atoms with van der Waals surface area (Å²) in [5.74, 6) is 0.666. The minimum absolute atomic E-state index is 0.0336. The van der Waals surface area contributed by atoms with Crippen LogP contribution in [0.25, 0.3) is 0 Å². The summed E-state index contributed by atoms with van der Waals surface area (Å²) >= 11 is 0. The van der Waals surface area contributed by atoms with Gasteiger partial charge in [0.15, 0.2) is 0 Å². The van der Waals surface area contributed by atoms with Gasteiger partial charge in [0.1, 0.15) is 12.1 Å². The molecule has 0 spiro atoms. The fourth-order valence-electron chi connectivity index (χ4n) is 7.74. The number of ether oxygens (including phenoxy) is 2. The van der Waals surface area contributed by atoms with Crippen molar-refractivity contribution in [3.8, 4) is 12.3 Å². The quantitative estimate of drug-likeness (QED) is 0.0456. The number of nitrogens with zero attached hydrogens (tertiary/aromatic N) is 3. The number of carbonyl (C=O) groups excluding carboxylic acids is 4. The van der Waals surface area contributed by atoms with Crippen molar-refractivity contribution in [3.63, 3.8) is 0 Å².